The highest BCUT2D eigenvalue weighted by molar-refractivity contribution is 6.01. The van der Waals surface area contributed by atoms with Gasteiger partial charge in [-0.05, 0) is 33.5 Å². The molecule has 0 aliphatic rings. The van der Waals surface area contributed by atoms with Crippen LogP contribution in [0.25, 0.3) is 22.6 Å². The highest BCUT2D eigenvalue weighted by Gasteiger charge is 2.23. The average molecular weight is 419 g/mol. The van der Waals surface area contributed by atoms with Crippen LogP contribution in [0.5, 0.6) is 0 Å². The van der Waals surface area contributed by atoms with E-state index in [0.717, 1.165) is 11.1 Å². The second-order valence-electron chi connectivity index (χ2n) is 7.54. The Morgan fingerprint density at radius 3 is 2.45 bits per heavy atom. The highest BCUT2D eigenvalue weighted by Crippen LogP contribution is 2.31. The van der Waals surface area contributed by atoms with Crippen LogP contribution in [-0.2, 0) is 0 Å². The molecule has 3 aromatic rings. The number of aryl methyl sites for hydroxylation is 2. The first-order valence-electron chi connectivity index (χ1n) is 9.90. The van der Waals surface area contributed by atoms with Crippen LogP contribution in [0.1, 0.15) is 21.6 Å². The lowest BCUT2D eigenvalue weighted by molar-refractivity contribution is -0.384. The van der Waals surface area contributed by atoms with Gasteiger partial charge in [-0.3, -0.25) is 14.9 Å². The van der Waals surface area contributed by atoms with Crippen molar-refractivity contribution in [3.8, 4) is 22.6 Å². The maximum atomic E-state index is 13.1. The number of rotatable bonds is 7. The number of aromatic nitrogens is 2. The molecule has 2 aromatic carbocycles. The highest BCUT2D eigenvalue weighted by atomic mass is 16.6. The SMILES string of the molecule is Cc1ccc([N+](=O)[O-])cc1-c1nc(-c2ccccc2)nc(C)c1C(=O)NCCN(C)C. The number of hydrogen-bond donors (Lipinski definition) is 1. The minimum Gasteiger partial charge on any atom is -0.351 e. The summed E-state index contributed by atoms with van der Waals surface area (Å²) in [5.41, 5.74) is 3.28. The Morgan fingerprint density at radius 2 is 1.81 bits per heavy atom. The molecule has 8 nitrogen and oxygen atoms in total. The third-order valence-electron chi connectivity index (χ3n) is 4.88. The fraction of sp³-hybridized carbons (Fsp3) is 0.261. The van der Waals surface area contributed by atoms with E-state index in [2.05, 4.69) is 10.3 Å². The fourth-order valence-corrected chi connectivity index (χ4v) is 3.22. The van der Waals surface area contributed by atoms with Gasteiger partial charge in [0.15, 0.2) is 5.82 Å². The summed E-state index contributed by atoms with van der Waals surface area (Å²) in [5, 5.41) is 14.3. The van der Waals surface area contributed by atoms with Crippen LogP contribution in [-0.4, -0.2) is 52.9 Å². The first-order chi connectivity index (χ1) is 14.8. The quantitative estimate of drug-likeness (QED) is 0.464. The van der Waals surface area contributed by atoms with Crippen molar-refractivity contribution in [3.05, 3.63) is 75.5 Å². The molecule has 1 amide bonds. The number of carbonyl (C=O) groups excluding carboxylic acids is 1. The molecule has 0 saturated heterocycles. The number of hydrogen-bond acceptors (Lipinski definition) is 6. The fourth-order valence-electron chi connectivity index (χ4n) is 3.22. The Bertz CT molecular complexity index is 1110. The summed E-state index contributed by atoms with van der Waals surface area (Å²) in [6, 6.07) is 14.0. The van der Waals surface area contributed by atoms with Crippen molar-refractivity contribution < 1.29 is 9.72 Å². The van der Waals surface area contributed by atoms with Gasteiger partial charge in [0.1, 0.15) is 0 Å². The molecular formula is C23H25N5O3. The van der Waals surface area contributed by atoms with Gasteiger partial charge in [0.2, 0.25) is 0 Å². The van der Waals surface area contributed by atoms with Crippen molar-refractivity contribution in [2.75, 3.05) is 27.2 Å². The second kappa shape index (κ2) is 9.44. The van der Waals surface area contributed by atoms with Gasteiger partial charge in [-0.25, -0.2) is 9.97 Å². The van der Waals surface area contributed by atoms with Gasteiger partial charge in [0, 0.05) is 36.3 Å². The van der Waals surface area contributed by atoms with Crippen LogP contribution >= 0.6 is 0 Å². The predicted octanol–water partition coefficient (Wildman–Crippen LogP) is 3.63. The Morgan fingerprint density at radius 1 is 1.10 bits per heavy atom. The molecule has 160 valence electrons. The molecule has 0 bridgehead atoms. The van der Waals surface area contributed by atoms with E-state index >= 15 is 0 Å². The zero-order valence-corrected chi connectivity index (χ0v) is 18.0. The molecule has 0 aliphatic heterocycles. The van der Waals surface area contributed by atoms with Crippen LogP contribution in [0.3, 0.4) is 0 Å². The Labute approximate surface area is 181 Å². The summed E-state index contributed by atoms with van der Waals surface area (Å²) < 4.78 is 0. The van der Waals surface area contributed by atoms with Crippen LogP contribution in [0, 0.1) is 24.0 Å². The summed E-state index contributed by atoms with van der Waals surface area (Å²) in [6.45, 7) is 4.73. The minimum atomic E-state index is -0.452. The maximum Gasteiger partial charge on any atom is 0.270 e. The van der Waals surface area contributed by atoms with Crippen LogP contribution in [0.2, 0.25) is 0 Å². The van der Waals surface area contributed by atoms with Gasteiger partial charge in [-0.2, -0.15) is 0 Å². The van der Waals surface area contributed by atoms with Gasteiger partial charge in [-0.1, -0.05) is 36.4 Å². The van der Waals surface area contributed by atoms with Gasteiger partial charge in [0.25, 0.3) is 11.6 Å². The molecule has 0 spiro atoms. The molecule has 0 fully saturated rings. The molecule has 31 heavy (non-hydrogen) atoms. The molecule has 0 atom stereocenters. The number of nitrogens with zero attached hydrogens (tertiary/aromatic N) is 4. The lowest BCUT2D eigenvalue weighted by Crippen LogP contribution is -2.32. The first-order valence-corrected chi connectivity index (χ1v) is 9.90. The van der Waals surface area contributed by atoms with Crippen molar-refractivity contribution in [2.24, 2.45) is 0 Å². The zero-order valence-electron chi connectivity index (χ0n) is 18.0. The Hall–Kier alpha value is -3.65. The minimum absolute atomic E-state index is 0.0582. The smallest absolute Gasteiger partial charge is 0.270 e. The number of nitro benzene ring substituents is 1. The molecule has 1 N–H and O–H groups in total. The third-order valence-corrected chi connectivity index (χ3v) is 4.88. The summed E-state index contributed by atoms with van der Waals surface area (Å²) in [6.07, 6.45) is 0. The maximum absolute atomic E-state index is 13.1. The van der Waals surface area contributed by atoms with Crippen molar-refractivity contribution in [1.29, 1.82) is 0 Å². The summed E-state index contributed by atoms with van der Waals surface area (Å²) in [7, 11) is 3.85. The first kappa shape index (κ1) is 22.0. The summed E-state index contributed by atoms with van der Waals surface area (Å²) in [5.74, 6) is 0.156. The molecule has 0 radical (unpaired) electrons. The zero-order chi connectivity index (χ0) is 22.5. The molecule has 0 aliphatic carbocycles. The topological polar surface area (TPSA) is 101 Å². The number of nitro groups is 1. The Kier molecular flexibility index (Phi) is 6.71. The molecule has 0 saturated carbocycles. The summed E-state index contributed by atoms with van der Waals surface area (Å²) in [4.78, 5) is 35.2. The van der Waals surface area contributed by atoms with Gasteiger partial charge < -0.3 is 10.2 Å². The van der Waals surface area contributed by atoms with Gasteiger partial charge >= 0.3 is 0 Å². The van der Waals surface area contributed by atoms with E-state index in [9.17, 15) is 14.9 Å². The third kappa shape index (κ3) is 5.10. The number of carbonyl (C=O) groups is 1. The largest absolute Gasteiger partial charge is 0.351 e. The predicted molar refractivity (Wildman–Crippen MR) is 120 cm³/mol. The number of benzene rings is 2. The van der Waals surface area contributed by atoms with E-state index in [0.29, 0.717) is 41.4 Å². The molecule has 3 rings (SSSR count). The second-order valence-corrected chi connectivity index (χ2v) is 7.54. The number of nitrogens with one attached hydrogen (secondary N) is 1. The van der Waals surface area contributed by atoms with Gasteiger partial charge in [0.05, 0.1) is 21.9 Å². The van der Waals surface area contributed by atoms with E-state index in [1.165, 1.54) is 12.1 Å². The lowest BCUT2D eigenvalue weighted by atomic mass is 9.98. The molecule has 1 aromatic heterocycles. The van der Waals surface area contributed by atoms with E-state index in [1.54, 1.807) is 13.0 Å². The average Bonchev–Trinajstić information content (AvgIpc) is 2.73. The van der Waals surface area contributed by atoms with Crippen molar-refractivity contribution >= 4 is 11.6 Å². The molecular weight excluding hydrogens is 394 g/mol. The van der Waals surface area contributed by atoms with Crippen LogP contribution < -0.4 is 5.32 Å². The molecule has 1 heterocycles. The van der Waals surface area contributed by atoms with Crippen molar-refractivity contribution in [3.63, 3.8) is 0 Å². The number of non-ortho nitro benzene ring substituents is 1. The van der Waals surface area contributed by atoms with Crippen molar-refractivity contribution in [2.45, 2.75) is 13.8 Å². The number of likely N-dealkylation sites (N-methyl/N-ethyl adjacent to an activating group) is 1. The Balaban J connectivity index is 2.18. The number of amides is 1. The standard InChI is InChI=1S/C23H25N5O3/c1-15-10-11-18(28(30)31)14-19(15)21-20(23(29)24-12-13-27(3)4)16(2)25-22(26-21)17-8-6-5-7-9-17/h5-11,14H,12-13H2,1-4H3,(H,24,29). The monoisotopic (exact) mass is 419 g/mol. The van der Waals surface area contributed by atoms with Gasteiger partial charge in [-0.15, -0.1) is 0 Å². The summed E-state index contributed by atoms with van der Waals surface area (Å²) >= 11 is 0. The normalized spacial score (nSPS) is 10.9. The van der Waals surface area contributed by atoms with E-state index < -0.39 is 4.92 Å². The van der Waals surface area contributed by atoms with Crippen LogP contribution in [0.15, 0.2) is 48.5 Å². The van der Waals surface area contributed by atoms with E-state index in [-0.39, 0.29) is 11.6 Å². The lowest BCUT2D eigenvalue weighted by Gasteiger charge is -2.16. The van der Waals surface area contributed by atoms with Crippen molar-refractivity contribution in [1.82, 2.24) is 20.2 Å². The molecule has 8 heteroatoms. The van der Waals surface area contributed by atoms with E-state index in [1.807, 2.05) is 56.3 Å². The van der Waals surface area contributed by atoms with Crippen LogP contribution in [0.4, 0.5) is 5.69 Å². The molecule has 0 unspecified atom stereocenters. The van der Waals surface area contributed by atoms with E-state index in [4.69, 9.17) is 4.98 Å².